The van der Waals surface area contributed by atoms with E-state index in [4.69, 9.17) is 4.74 Å². The van der Waals surface area contributed by atoms with Crippen LogP contribution in [0, 0.1) is 17.6 Å². The Hall–Kier alpha value is -1.45. The zero-order valence-corrected chi connectivity index (χ0v) is 10.0. The third kappa shape index (κ3) is 3.80. The van der Waals surface area contributed by atoms with Crippen LogP contribution in [0.25, 0.3) is 0 Å². The summed E-state index contributed by atoms with van der Waals surface area (Å²) in [5.74, 6) is -2.78. The average molecular weight is 242 g/mol. The molecular formula is C13H16F2O2. The first-order chi connectivity index (χ1) is 8.06. The third-order valence-electron chi connectivity index (χ3n) is 2.45. The monoisotopic (exact) mass is 242 g/mol. The molecule has 0 radical (unpaired) electrons. The third-order valence-corrected chi connectivity index (χ3v) is 2.45. The van der Waals surface area contributed by atoms with Crippen LogP contribution in [0.3, 0.4) is 0 Å². The van der Waals surface area contributed by atoms with Crippen LogP contribution >= 0.6 is 0 Å². The molecule has 0 spiro atoms. The molecule has 2 nitrogen and oxygen atoms in total. The van der Waals surface area contributed by atoms with Crippen LogP contribution in [0.1, 0.15) is 37.0 Å². The van der Waals surface area contributed by atoms with Crippen LogP contribution in [0.5, 0.6) is 0 Å². The van der Waals surface area contributed by atoms with Crippen molar-refractivity contribution >= 4 is 5.97 Å². The van der Waals surface area contributed by atoms with E-state index in [9.17, 15) is 13.6 Å². The van der Waals surface area contributed by atoms with Crippen molar-refractivity contribution in [1.29, 1.82) is 0 Å². The maximum absolute atomic E-state index is 13.2. The maximum Gasteiger partial charge on any atom is 0.341 e. The van der Waals surface area contributed by atoms with E-state index < -0.39 is 17.6 Å². The van der Waals surface area contributed by atoms with Crippen LogP contribution in [-0.4, -0.2) is 12.6 Å². The highest BCUT2D eigenvalue weighted by Crippen LogP contribution is 2.13. The smallest absolute Gasteiger partial charge is 0.341 e. The highest BCUT2D eigenvalue weighted by atomic mass is 19.2. The number of benzene rings is 1. The van der Waals surface area contributed by atoms with Gasteiger partial charge in [-0.3, -0.25) is 0 Å². The number of carbonyl (C=O) groups is 1. The first-order valence-corrected chi connectivity index (χ1v) is 5.67. The molecule has 4 heteroatoms. The lowest BCUT2D eigenvalue weighted by Gasteiger charge is -2.11. The second-order valence-electron chi connectivity index (χ2n) is 4.09. The van der Waals surface area contributed by atoms with Crippen molar-refractivity contribution in [1.82, 2.24) is 0 Å². The van der Waals surface area contributed by atoms with Crippen LogP contribution in [0.15, 0.2) is 18.2 Å². The van der Waals surface area contributed by atoms with Gasteiger partial charge < -0.3 is 4.74 Å². The Bertz CT molecular complexity index is 391. The minimum absolute atomic E-state index is 0.223. The van der Waals surface area contributed by atoms with Crippen LogP contribution < -0.4 is 0 Å². The molecule has 0 saturated carbocycles. The Labute approximate surface area is 99.6 Å². The Kier molecular flexibility index (Phi) is 5.07. The van der Waals surface area contributed by atoms with Gasteiger partial charge in [-0.05, 0) is 24.5 Å². The average Bonchev–Trinajstić information content (AvgIpc) is 2.30. The molecule has 0 aromatic heterocycles. The minimum Gasteiger partial charge on any atom is -0.462 e. The number of hydrogen-bond donors (Lipinski definition) is 0. The highest BCUT2D eigenvalue weighted by molar-refractivity contribution is 5.89. The van der Waals surface area contributed by atoms with Crippen molar-refractivity contribution in [3.63, 3.8) is 0 Å². The van der Waals surface area contributed by atoms with E-state index >= 15 is 0 Å². The van der Waals surface area contributed by atoms with Gasteiger partial charge in [-0.1, -0.05) is 26.3 Å². The lowest BCUT2D eigenvalue weighted by molar-refractivity contribution is 0.0437. The quantitative estimate of drug-likeness (QED) is 0.738. The van der Waals surface area contributed by atoms with Gasteiger partial charge in [0.1, 0.15) is 0 Å². The number of ether oxygens (including phenoxy) is 1. The summed E-state index contributed by atoms with van der Waals surface area (Å²) in [7, 11) is 0. The second-order valence-corrected chi connectivity index (χ2v) is 4.09. The van der Waals surface area contributed by atoms with E-state index in [2.05, 4.69) is 0 Å². The number of rotatable bonds is 5. The Morgan fingerprint density at radius 1 is 1.41 bits per heavy atom. The fourth-order valence-corrected chi connectivity index (χ4v) is 1.53. The van der Waals surface area contributed by atoms with Gasteiger partial charge in [-0.15, -0.1) is 0 Å². The van der Waals surface area contributed by atoms with Crippen LogP contribution in [0.4, 0.5) is 8.78 Å². The van der Waals surface area contributed by atoms with Crippen molar-refractivity contribution in [2.75, 3.05) is 6.61 Å². The molecule has 0 aliphatic rings. The Morgan fingerprint density at radius 3 is 2.76 bits per heavy atom. The van der Waals surface area contributed by atoms with Gasteiger partial charge in [0, 0.05) is 0 Å². The van der Waals surface area contributed by atoms with Crippen LogP contribution in [-0.2, 0) is 4.74 Å². The summed E-state index contributed by atoms with van der Waals surface area (Å²) in [6.45, 7) is 4.20. The van der Waals surface area contributed by atoms with Crippen molar-refractivity contribution < 1.29 is 18.3 Å². The molecule has 0 aliphatic carbocycles. The zero-order chi connectivity index (χ0) is 12.8. The second kappa shape index (κ2) is 6.33. The summed E-state index contributed by atoms with van der Waals surface area (Å²) in [5.41, 5.74) is -0.353. The van der Waals surface area contributed by atoms with Crippen LogP contribution in [0.2, 0.25) is 0 Å². The Morgan fingerprint density at radius 2 is 2.12 bits per heavy atom. The summed E-state index contributed by atoms with van der Waals surface area (Å²) >= 11 is 0. The molecule has 1 atom stereocenters. The van der Waals surface area contributed by atoms with Gasteiger partial charge in [-0.2, -0.15) is 0 Å². The van der Waals surface area contributed by atoms with E-state index in [1.807, 2.05) is 13.8 Å². The molecule has 0 heterocycles. The van der Waals surface area contributed by atoms with Gasteiger partial charge in [0.2, 0.25) is 0 Å². The molecule has 0 N–H and O–H groups in total. The standard InChI is InChI=1S/C13H16F2O2/c1-3-5-9(2)8-17-13(16)10-6-4-7-11(14)12(10)15/h4,6-7,9H,3,5,8H2,1-2H3. The highest BCUT2D eigenvalue weighted by Gasteiger charge is 2.16. The first kappa shape index (κ1) is 13.6. The SMILES string of the molecule is CCCC(C)COC(=O)c1cccc(F)c1F. The fourth-order valence-electron chi connectivity index (χ4n) is 1.53. The van der Waals surface area contributed by atoms with Gasteiger partial charge in [0.05, 0.1) is 12.2 Å². The molecule has 0 amide bonds. The van der Waals surface area contributed by atoms with Crippen molar-refractivity contribution in [3.8, 4) is 0 Å². The zero-order valence-electron chi connectivity index (χ0n) is 10.0. The van der Waals surface area contributed by atoms with Crippen molar-refractivity contribution in [2.45, 2.75) is 26.7 Å². The van der Waals surface area contributed by atoms with E-state index in [-0.39, 0.29) is 18.1 Å². The number of esters is 1. The predicted molar refractivity (Wildman–Crippen MR) is 60.7 cm³/mol. The fraction of sp³-hybridized carbons (Fsp3) is 0.462. The Balaban J connectivity index is 2.61. The summed E-state index contributed by atoms with van der Waals surface area (Å²) < 4.78 is 31.1. The first-order valence-electron chi connectivity index (χ1n) is 5.67. The molecular weight excluding hydrogens is 226 g/mol. The topological polar surface area (TPSA) is 26.3 Å². The maximum atomic E-state index is 13.2. The molecule has 0 saturated heterocycles. The van der Waals surface area contributed by atoms with Crippen molar-refractivity contribution in [3.05, 3.63) is 35.4 Å². The molecule has 17 heavy (non-hydrogen) atoms. The number of halogens is 2. The van der Waals surface area contributed by atoms with Gasteiger partial charge in [0.15, 0.2) is 11.6 Å². The molecule has 1 unspecified atom stereocenters. The van der Waals surface area contributed by atoms with E-state index in [1.165, 1.54) is 12.1 Å². The lowest BCUT2D eigenvalue weighted by atomic mass is 10.1. The van der Waals surface area contributed by atoms with Crippen molar-refractivity contribution in [2.24, 2.45) is 5.92 Å². The summed E-state index contributed by atoms with van der Waals surface area (Å²) in [6.07, 6.45) is 1.92. The predicted octanol–water partition coefficient (Wildman–Crippen LogP) is 3.56. The minimum atomic E-state index is -1.15. The van der Waals surface area contributed by atoms with Gasteiger partial charge in [0.25, 0.3) is 0 Å². The summed E-state index contributed by atoms with van der Waals surface area (Å²) in [5, 5.41) is 0. The molecule has 0 fully saturated rings. The van der Waals surface area contributed by atoms with Gasteiger partial charge >= 0.3 is 5.97 Å². The lowest BCUT2D eigenvalue weighted by Crippen LogP contribution is -2.13. The number of hydrogen-bond acceptors (Lipinski definition) is 2. The summed E-state index contributed by atoms with van der Waals surface area (Å²) in [6, 6.07) is 3.46. The molecule has 1 aromatic rings. The van der Waals surface area contributed by atoms with E-state index in [0.717, 1.165) is 18.9 Å². The molecule has 0 aliphatic heterocycles. The normalized spacial score (nSPS) is 12.2. The molecule has 94 valence electrons. The molecule has 0 bridgehead atoms. The van der Waals surface area contributed by atoms with E-state index in [1.54, 1.807) is 0 Å². The largest absolute Gasteiger partial charge is 0.462 e. The molecule has 1 aromatic carbocycles. The van der Waals surface area contributed by atoms with Gasteiger partial charge in [-0.25, -0.2) is 13.6 Å². The van der Waals surface area contributed by atoms with E-state index in [0.29, 0.717) is 0 Å². The number of carbonyl (C=O) groups excluding carboxylic acids is 1. The molecule has 1 rings (SSSR count). The summed E-state index contributed by atoms with van der Waals surface area (Å²) in [4.78, 5) is 11.5.